The molecule has 0 spiro atoms. The summed E-state index contributed by atoms with van der Waals surface area (Å²) in [7, 11) is 1.70. The molecule has 10 nitrogen and oxygen atoms in total. The largest absolute Gasteiger partial charge is 0.486 e. The molecule has 0 radical (unpaired) electrons. The van der Waals surface area contributed by atoms with Gasteiger partial charge in [-0.25, -0.2) is 19.2 Å². The van der Waals surface area contributed by atoms with E-state index in [1.807, 2.05) is 0 Å². The Morgan fingerprint density at radius 3 is 2.81 bits per heavy atom. The van der Waals surface area contributed by atoms with Gasteiger partial charge in [0, 0.05) is 31.3 Å². The number of carbonyl (C=O) groups is 1. The molecule has 0 saturated heterocycles. The van der Waals surface area contributed by atoms with Gasteiger partial charge < -0.3 is 20.1 Å². The van der Waals surface area contributed by atoms with E-state index in [-0.39, 0.29) is 17.3 Å². The molecule has 1 saturated carbocycles. The van der Waals surface area contributed by atoms with Crippen molar-refractivity contribution in [2.75, 3.05) is 30.9 Å². The molecule has 0 atom stereocenters. The maximum absolute atomic E-state index is 14.1. The quantitative estimate of drug-likeness (QED) is 0.427. The number of nitrogens with one attached hydrogen (secondary N) is 4. The van der Waals surface area contributed by atoms with Crippen LogP contribution in [-0.2, 0) is 0 Å². The second-order valence-corrected chi connectivity index (χ2v) is 7.54. The molecule has 0 unspecified atom stereocenters. The number of nitrogens with zero attached hydrogens (tertiary/aromatic N) is 3. The van der Waals surface area contributed by atoms with Crippen LogP contribution < -0.4 is 31.0 Å². The maximum atomic E-state index is 14.1. The molecule has 12 heteroatoms. The van der Waals surface area contributed by atoms with Crippen molar-refractivity contribution in [2.45, 2.75) is 25.1 Å². The van der Waals surface area contributed by atoms with Crippen LogP contribution in [0.5, 0.6) is 11.5 Å². The van der Waals surface area contributed by atoms with Crippen LogP contribution >= 0.6 is 0 Å². The predicted octanol–water partition coefficient (Wildman–Crippen LogP) is 2.16. The topological polar surface area (TPSA) is 114 Å². The molecule has 3 aromatic rings. The number of hydrogen-bond acceptors (Lipinski definition) is 8. The van der Waals surface area contributed by atoms with E-state index in [4.69, 9.17) is 9.47 Å². The highest BCUT2D eigenvalue weighted by atomic mass is 19.1. The molecule has 1 amide bonds. The molecule has 0 bridgehead atoms. The molecule has 1 fully saturated rings. The Morgan fingerprint density at radius 2 is 2.03 bits per heavy atom. The third-order valence-corrected chi connectivity index (χ3v) is 5.31. The van der Waals surface area contributed by atoms with Crippen LogP contribution in [0, 0.1) is 5.82 Å². The van der Waals surface area contributed by atoms with Gasteiger partial charge in [0.1, 0.15) is 42.4 Å². The maximum Gasteiger partial charge on any atom is 0.270 e. The van der Waals surface area contributed by atoms with Crippen molar-refractivity contribution >= 4 is 28.9 Å². The van der Waals surface area contributed by atoms with Crippen molar-refractivity contribution in [1.29, 1.82) is 0 Å². The summed E-state index contributed by atoms with van der Waals surface area (Å²) in [4.78, 5) is 17.2. The number of aromatic nitrogens is 3. The highest BCUT2D eigenvalue weighted by Gasteiger charge is 2.29. The Balaban J connectivity index is 1.45. The number of fused-ring (bicyclic) bond motifs is 2. The number of amides is 1. The van der Waals surface area contributed by atoms with Gasteiger partial charge in [-0.15, -0.1) is 0 Å². The first kappa shape index (κ1) is 20.2. The summed E-state index contributed by atoms with van der Waals surface area (Å²) in [5.74, 6) is 0.628. The van der Waals surface area contributed by atoms with E-state index in [2.05, 4.69) is 31.6 Å². The van der Waals surface area contributed by atoms with Gasteiger partial charge >= 0.3 is 0 Å². The molecule has 4 N–H and O–H groups in total. The van der Waals surface area contributed by atoms with Gasteiger partial charge in [-0.3, -0.25) is 10.2 Å². The molecule has 1 aliphatic carbocycles. The Kier molecular flexibility index (Phi) is 5.13. The van der Waals surface area contributed by atoms with E-state index in [0.29, 0.717) is 54.9 Å². The summed E-state index contributed by atoms with van der Waals surface area (Å²) in [6, 6.07) is 4.10. The summed E-state index contributed by atoms with van der Waals surface area (Å²) in [6.45, 7) is 0.671. The van der Waals surface area contributed by atoms with Crippen LogP contribution in [0.4, 0.5) is 26.1 Å². The highest BCUT2D eigenvalue weighted by molar-refractivity contribution is 5.99. The van der Waals surface area contributed by atoms with Crippen molar-refractivity contribution in [2.24, 2.45) is 0 Å². The lowest BCUT2D eigenvalue weighted by molar-refractivity contribution is 0.0875. The Bertz CT molecular complexity index is 1180. The first-order valence-electron chi connectivity index (χ1n) is 10.1. The number of anilines is 3. The number of hydrogen-bond donors (Lipinski definition) is 4. The molecule has 2 aliphatic rings. The summed E-state index contributed by atoms with van der Waals surface area (Å²) in [5, 5.41) is 10.3. The summed E-state index contributed by atoms with van der Waals surface area (Å²) in [6.07, 6.45) is 1.27. The molecular weight excluding hydrogens is 424 g/mol. The van der Waals surface area contributed by atoms with Gasteiger partial charge in [0.05, 0.1) is 11.9 Å². The molecule has 1 aromatic carbocycles. The SMILES string of the molecule is CNc1cc(Nc2cc(F)cc3c2OCCO3)nc2c(C(=O)NNC3CC(F)C3)cnn12. The smallest absolute Gasteiger partial charge is 0.270 e. The third-order valence-electron chi connectivity index (χ3n) is 5.31. The minimum absolute atomic E-state index is 0.102. The molecule has 168 valence electrons. The predicted molar refractivity (Wildman–Crippen MR) is 112 cm³/mol. The van der Waals surface area contributed by atoms with Gasteiger partial charge in [-0.2, -0.15) is 9.61 Å². The average Bonchev–Trinajstić information content (AvgIpc) is 3.19. The first-order chi connectivity index (χ1) is 15.5. The van der Waals surface area contributed by atoms with E-state index in [1.54, 1.807) is 13.1 Å². The number of hydrazine groups is 1. The molecule has 32 heavy (non-hydrogen) atoms. The van der Waals surface area contributed by atoms with Crippen LogP contribution in [0.2, 0.25) is 0 Å². The van der Waals surface area contributed by atoms with Crippen LogP contribution in [-0.4, -0.2) is 53.0 Å². The van der Waals surface area contributed by atoms with E-state index in [1.165, 1.54) is 22.8 Å². The zero-order valence-electron chi connectivity index (χ0n) is 17.1. The Labute approximate surface area is 181 Å². The summed E-state index contributed by atoms with van der Waals surface area (Å²) in [5.41, 5.74) is 6.23. The highest BCUT2D eigenvalue weighted by Crippen LogP contribution is 2.40. The van der Waals surface area contributed by atoms with Gasteiger partial charge in [-0.05, 0) is 12.8 Å². The van der Waals surface area contributed by atoms with Gasteiger partial charge in [0.25, 0.3) is 5.91 Å². The van der Waals surface area contributed by atoms with E-state index >= 15 is 0 Å². The van der Waals surface area contributed by atoms with Gasteiger partial charge in [-0.1, -0.05) is 0 Å². The second kappa shape index (κ2) is 8.11. The lowest BCUT2D eigenvalue weighted by atomic mass is 9.91. The van der Waals surface area contributed by atoms with E-state index in [9.17, 15) is 13.6 Å². The van der Waals surface area contributed by atoms with Crippen molar-refractivity contribution in [3.05, 3.63) is 35.8 Å². The Hall–Kier alpha value is -3.67. The van der Waals surface area contributed by atoms with Crippen molar-refractivity contribution in [3.8, 4) is 11.5 Å². The lowest BCUT2D eigenvalue weighted by Gasteiger charge is -2.30. The normalized spacial score (nSPS) is 19.3. The average molecular weight is 445 g/mol. The third kappa shape index (κ3) is 3.73. The number of carbonyl (C=O) groups excluding carboxylic acids is 1. The zero-order valence-corrected chi connectivity index (χ0v) is 17.1. The van der Waals surface area contributed by atoms with E-state index in [0.717, 1.165) is 0 Å². The van der Waals surface area contributed by atoms with Gasteiger partial charge in [0.15, 0.2) is 17.1 Å². The Morgan fingerprint density at radius 1 is 1.22 bits per heavy atom. The van der Waals surface area contributed by atoms with Crippen LogP contribution in [0.3, 0.4) is 0 Å². The monoisotopic (exact) mass is 445 g/mol. The van der Waals surface area contributed by atoms with Gasteiger partial charge in [0.2, 0.25) is 0 Å². The second-order valence-electron chi connectivity index (χ2n) is 7.54. The lowest BCUT2D eigenvalue weighted by Crippen LogP contribution is -2.51. The summed E-state index contributed by atoms with van der Waals surface area (Å²) < 4.78 is 39.6. The molecule has 5 rings (SSSR count). The van der Waals surface area contributed by atoms with Crippen LogP contribution in [0.1, 0.15) is 23.2 Å². The van der Waals surface area contributed by atoms with Crippen molar-refractivity contribution in [1.82, 2.24) is 25.4 Å². The van der Waals surface area contributed by atoms with E-state index < -0.39 is 17.9 Å². The van der Waals surface area contributed by atoms with Crippen molar-refractivity contribution < 1.29 is 23.0 Å². The number of alkyl halides is 1. The molecule has 1 aliphatic heterocycles. The number of rotatable bonds is 6. The molecule has 3 heterocycles. The number of halogens is 2. The fraction of sp³-hybridized carbons (Fsp3) is 0.350. The fourth-order valence-electron chi connectivity index (χ4n) is 3.62. The number of ether oxygens (including phenoxy) is 2. The first-order valence-corrected chi connectivity index (χ1v) is 10.1. The minimum atomic E-state index is -0.835. The standard InChI is InChI=1S/C20H21F2N7O3/c1-23-17-8-16(25-14-6-11(22)7-15-18(14)32-3-2-31-15)26-19-13(9-24-29(17)19)20(30)28-27-12-4-10(21)5-12/h6-10,12,23,27H,2-5H2,1H3,(H,25,26)(H,28,30). The fourth-order valence-corrected chi connectivity index (χ4v) is 3.62. The zero-order chi connectivity index (χ0) is 22.2. The molecular formula is C20H21F2N7O3. The van der Waals surface area contributed by atoms with Crippen LogP contribution in [0.25, 0.3) is 5.65 Å². The van der Waals surface area contributed by atoms with Crippen molar-refractivity contribution in [3.63, 3.8) is 0 Å². The number of benzene rings is 1. The minimum Gasteiger partial charge on any atom is -0.486 e. The van der Waals surface area contributed by atoms with Crippen LogP contribution in [0.15, 0.2) is 24.4 Å². The summed E-state index contributed by atoms with van der Waals surface area (Å²) >= 11 is 0. The molecule has 2 aromatic heterocycles.